The predicted octanol–water partition coefficient (Wildman–Crippen LogP) is 1.66. The molecule has 2 aromatic rings. The van der Waals surface area contributed by atoms with Crippen LogP contribution in [0.2, 0.25) is 0 Å². The molecule has 1 N–H and O–H groups in total. The third-order valence-corrected chi connectivity index (χ3v) is 6.94. The lowest BCUT2D eigenvalue weighted by atomic mass is 10.2. The van der Waals surface area contributed by atoms with Crippen LogP contribution in [0.4, 0.5) is 5.69 Å². The Morgan fingerprint density at radius 1 is 0.935 bits per heavy atom. The second kappa shape index (κ2) is 9.99. The number of piperazine rings is 1. The molecule has 1 amide bonds. The minimum absolute atomic E-state index is 0.149. The van der Waals surface area contributed by atoms with Crippen LogP contribution in [-0.4, -0.2) is 77.6 Å². The zero-order valence-corrected chi connectivity index (χ0v) is 18.6. The maximum Gasteiger partial charge on any atom is 0.243 e. The molecule has 0 atom stereocenters. The Balaban J connectivity index is 1.58. The van der Waals surface area contributed by atoms with E-state index < -0.39 is 10.0 Å². The van der Waals surface area contributed by atoms with Crippen molar-refractivity contribution < 1.29 is 27.4 Å². The van der Waals surface area contributed by atoms with E-state index in [9.17, 15) is 13.2 Å². The highest BCUT2D eigenvalue weighted by molar-refractivity contribution is 7.89. The summed E-state index contributed by atoms with van der Waals surface area (Å²) in [7, 11) is 1.00. The maximum atomic E-state index is 12.7. The van der Waals surface area contributed by atoms with Crippen molar-refractivity contribution in [2.24, 2.45) is 0 Å². The molecule has 0 radical (unpaired) electrons. The molecule has 10 heteroatoms. The van der Waals surface area contributed by atoms with E-state index >= 15 is 0 Å². The van der Waals surface area contributed by atoms with Crippen molar-refractivity contribution in [1.29, 1.82) is 0 Å². The van der Waals surface area contributed by atoms with Gasteiger partial charge in [-0.3, -0.25) is 9.69 Å². The summed E-state index contributed by atoms with van der Waals surface area (Å²) in [4.78, 5) is 14.7. The van der Waals surface area contributed by atoms with Crippen LogP contribution in [0, 0.1) is 0 Å². The van der Waals surface area contributed by atoms with Crippen molar-refractivity contribution in [3.63, 3.8) is 0 Å². The smallest absolute Gasteiger partial charge is 0.243 e. The second-order valence-corrected chi connectivity index (χ2v) is 8.89. The molecule has 1 heterocycles. The van der Waals surface area contributed by atoms with Crippen molar-refractivity contribution in [3.8, 4) is 17.2 Å². The van der Waals surface area contributed by atoms with Gasteiger partial charge in [-0.2, -0.15) is 4.31 Å². The number of amides is 1. The summed E-state index contributed by atoms with van der Waals surface area (Å²) in [6.07, 6.45) is 0. The molecule has 1 aliphatic heterocycles. The number of hydrogen-bond acceptors (Lipinski definition) is 7. The number of sulfonamides is 1. The number of anilines is 1. The van der Waals surface area contributed by atoms with E-state index in [1.807, 2.05) is 4.90 Å². The molecule has 0 saturated carbocycles. The first-order valence-corrected chi connectivity index (χ1v) is 11.2. The SMILES string of the molecule is COc1cc(NC(=O)CN2CCN(S(=O)(=O)c3ccccc3)CC2)cc(OC)c1OC. The van der Waals surface area contributed by atoms with E-state index in [1.165, 1.54) is 25.6 Å². The van der Waals surface area contributed by atoms with Crippen molar-refractivity contribution in [2.45, 2.75) is 4.90 Å². The van der Waals surface area contributed by atoms with Gasteiger partial charge in [-0.15, -0.1) is 0 Å². The third kappa shape index (κ3) is 5.27. The zero-order valence-electron chi connectivity index (χ0n) is 17.8. The highest BCUT2D eigenvalue weighted by atomic mass is 32.2. The predicted molar refractivity (Wildman–Crippen MR) is 116 cm³/mol. The number of rotatable bonds is 8. The van der Waals surface area contributed by atoms with Crippen molar-refractivity contribution in [1.82, 2.24) is 9.21 Å². The Hall–Kier alpha value is -2.82. The minimum atomic E-state index is -3.52. The number of nitrogens with one attached hydrogen (secondary N) is 1. The third-order valence-electron chi connectivity index (χ3n) is 5.03. The number of methoxy groups -OCH3 is 3. The van der Waals surface area contributed by atoms with Crippen LogP contribution in [0.3, 0.4) is 0 Å². The highest BCUT2D eigenvalue weighted by Crippen LogP contribution is 2.39. The van der Waals surface area contributed by atoms with Gasteiger partial charge in [0.25, 0.3) is 0 Å². The molecule has 9 nitrogen and oxygen atoms in total. The summed E-state index contributed by atoms with van der Waals surface area (Å²) in [5.74, 6) is 1.11. The van der Waals surface area contributed by atoms with Crippen LogP contribution < -0.4 is 19.5 Å². The topological polar surface area (TPSA) is 97.4 Å². The Morgan fingerprint density at radius 2 is 1.52 bits per heavy atom. The molecule has 168 valence electrons. The molecule has 1 aliphatic rings. The fourth-order valence-electron chi connectivity index (χ4n) is 3.43. The van der Waals surface area contributed by atoms with Gasteiger partial charge in [0.2, 0.25) is 21.7 Å². The van der Waals surface area contributed by atoms with E-state index in [-0.39, 0.29) is 17.3 Å². The lowest BCUT2D eigenvalue weighted by Crippen LogP contribution is -2.50. The first-order chi connectivity index (χ1) is 14.9. The lowest BCUT2D eigenvalue weighted by molar-refractivity contribution is -0.117. The Bertz CT molecular complexity index is 980. The Labute approximate surface area is 182 Å². The van der Waals surface area contributed by atoms with Crippen LogP contribution in [-0.2, 0) is 14.8 Å². The van der Waals surface area contributed by atoms with Gasteiger partial charge in [0, 0.05) is 44.0 Å². The lowest BCUT2D eigenvalue weighted by Gasteiger charge is -2.33. The maximum absolute atomic E-state index is 12.7. The second-order valence-electron chi connectivity index (χ2n) is 6.96. The van der Waals surface area contributed by atoms with E-state index in [0.717, 1.165) is 0 Å². The molecule has 3 rings (SSSR count). The van der Waals surface area contributed by atoms with Crippen LogP contribution in [0.25, 0.3) is 0 Å². The molecule has 0 unspecified atom stereocenters. The molecule has 1 fully saturated rings. The molecule has 1 saturated heterocycles. The summed E-state index contributed by atoms with van der Waals surface area (Å²) in [6.45, 7) is 1.74. The monoisotopic (exact) mass is 449 g/mol. The summed E-state index contributed by atoms with van der Waals surface area (Å²) < 4.78 is 42.8. The van der Waals surface area contributed by atoms with Crippen LogP contribution in [0.15, 0.2) is 47.4 Å². The van der Waals surface area contributed by atoms with E-state index in [2.05, 4.69) is 5.32 Å². The number of carbonyl (C=O) groups is 1. The fraction of sp³-hybridized carbons (Fsp3) is 0.381. The normalized spacial score (nSPS) is 15.3. The molecular formula is C21H27N3O6S. The summed E-state index contributed by atoms with van der Waals surface area (Å²) in [5, 5.41) is 2.83. The number of hydrogen-bond donors (Lipinski definition) is 1. The number of carbonyl (C=O) groups excluding carboxylic acids is 1. The van der Waals surface area contributed by atoms with Crippen molar-refractivity contribution in [2.75, 3.05) is 59.4 Å². The molecular weight excluding hydrogens is 422 g/mol. The van der Waals surface area contributed by atoms with Crippen molar-refractivity contribution in [3.05, 3.63) is 42.5 Å². The molecule has 31 heavy (non-hydrogen) atoms. The molecule has 0 bridgehead atoms. The standard InChI is InChI=1S/C21H27N3O6S/c1-28-18-13-16(14-19(29-2)21(18)30-3)22-20(25)15-23-9-11-24(12-10-23)31(26,27)17-7-5-4-6-8-17/h4-8,13-14H,9-12,15H2,1-3H3,(H,22,25). The van der Waals surface area contributed by atoms with Crippen LogP contribution >= 0.6 is 0 Å². The summed E-state index contributed by atoms with van der Waals surface area (Å²) in [6, 6.07) is 11.7. The first kappa shape index (κ1) is 22.9. The van der Waals surface area contributed by atoms with Gasteiger partial charge < -0.3 is 19.5 Å². The van der Waals surface area contributed by atoms with Gasteiger partial charge in [-0.05, 0) is 12.1 Å². The van der Waals surface area contributed by atoms with Gasteiger partial charge in [0.15, 0.2) is 11.5 Å². The fourth-order valence-corrected chi connectivity index (χ4v) is 4.87. The van der Waals surface area contributed by atoms with Gasteiger partial charge in [0.1, 0.15) is 0 Å². The van der Waals surface area contributed by atoms with E-state index in [0.29, 0.717) is 49.1 Å². The van der Waals surface area contributed by atoms with Gasteiger partial charge in [-0.1, -0.05) is 18.2 Å². The van der Waals surface area contributed by atoms with Crippen molar-refractivity contribution >= 4 is 21.6 Å². The average molecular weight is 450 g/mol. The van der Waals surface area contributed by atoms with Gasteiger partial charge in [-0.25, -0.2) is 8.42 Å². The molecule has 0 aliphatic carbocycles. The molecule has 0 spiro atoms. The zero-order chi connectivity index (χ0) is 22.4. The summed E-state index contributed by atoms with van der Waals surface area (Å²) >= 11 is 0. The first-order valence-electron chi connectivity index (χ1n) is 9.76. The molecule has 2 aromatic carbocycles. The Morgan fingerprint density at radius 3 is 2.03 bits per heavy atom. The van der Waals surface area contributed by atoms with Crippen LogP contribution in [0.1, 0.15) is 0 Å². The van der Waals surface area contributed by atoms with E-state index in [4.69, 9.17) is 14.2 Å². The summed E-state index contributed by atoms with van der Waals surface area (Å²) in [5.41, 5.74) is 0.518. The largest absolute Gasteiger partial charge is 0.493 e. The highest BCUT2D eigenvalue weighted by Gasteiger charge is 2.29. The average Bonchev–Trinajstić information content (AvgIpc) is 2.79. The molecule has 0 aromatic heterocycles. The Kier molecular flexibility index (Phi) is 7.37. The minimum Gasteiger partial charge on any atom is -0.493 e. The number of ether oxygens (including phenoxy) is 3. The van der Waals surface area contributed by atoms with Gasteiger partial charge >= 0.3 is 0 Å². The van der Waals surface area contributed by atoms with E-state index in [1.54, 1.807) is 42.5 Å². The quantitative estimate of drug-likeness (QED) is 0.655. The number of nitrogens with zero attached hydrogens (tertiary/aromatic N) is 2. The van der Waals surface area contributed by atoms with Gasteiger partial charge in [0.05, 0.1) is 32.8 Å². The number of benzene rings is 2. The van der Waals surface area contributed by atoms with Crippen LogP contribution in [0.5, 0.6) is 17.2 Å².